The van der Waals surface area contributed by atoms with Crippen LogP contribution in [0.5, 0.6) is 0 Å². The highest BCUT2D eigenvalue weighted by atomic mass is 35.5. The van der Waals surface area contributed by atoms with Gasteiger partial charge in [-0.2, -0.15) is 0 Å². The maximum atomic E-state index is 12.1. The molecule has 2 rings (SSSR count). The molecule has 1 aliphatic rings. The Morgan fingerprint density at radius 1 is 1.42 bits per heavy atom. The molecule has 1 fully saturated rings. The molecule has 0 saturated heterocycles. The number of hydrogen-bond acceptors (Lipinski definition) is 2. The summed E-state index contributed by atoms with van der Waals surface area (Å²) in [6.07, 6.45) is 3.76. The summed E-state index contributed by atoms with van der Waals surface area (Å²) in [6.45, 7) is 2.42. The van der Waals surface area contributed by atoms with Gasteiger partial charge in [0.1, 0.15) is 0 Å². The normalized spacial score (nSPS) is 23.1. The highest BCUT2D eigenvalue weighted by Crippen LogP contribution is 2.24. The Kier molecular flexibility index (Phi) is 4.83. The molecule has 2 atom stereocenters. The van der Waals surface area contributed by atoms with Crippen LogP contribution in [0.1, 0.15) is 41.6 Å². The van der Waals surface area contributed by atoms with Gasteiger partial charge in [-0.15, -0.1) is 0 Å². The number of rotatable bonds is 3. The molecule has 104 valence electrons. The van der Waals surface area contributed by atoms with Gasteiger partial charge in [0.25, 0.3) is 5.91 Å². The number of nitrogens with one attached hydrogen (secondary N) is 1. The molecule has 1 aromatic carbocycles. The van der Waals surface area contributed by atoms with Crippen molar-refractivity contribution in [1.82, 2.24) is 5.32 Å². The lowest BCUT2D eigenvalue weighted by Crippen LogP contribution is -2.36. The molecule has 1 aliphatic carbocycles. The molecule has 2 N–H and O–H groups in total. The van der Waals surface area contributed by atoms with Crippen LogP contribution in [0, 0.1) is 12.8 Å². The third-order valence-corrected chi connectivity index (χ3v) is 4.07. The van der Waals surface area contributed by atoms with Crippen LogP contribution in [-0.2, 0) is 0 Å². The lowest BCUT2D eigenvalue weighted by molar-refractivity contribution is 0.0663. The summed E-state index contributed by atoms with van der Waals surface area (Å²) in [6, 6.07) is 5.30. The van der Waals surface area contributed by atoms with Gasteiger partial charge in [-0.25, -0.2) is 0 Å². The van der Waals surface area contributed by atoms with Crippen molar-refractivity contribution < 1.29 is 9.90 Å². The van der Waals surface area contributed by atoms with Crippen molar-refractivity contribution in [1.29, 1.82) is 0 Å². The molecule has 3 nitrogen and oxygen atoms in total. The lowest BCUT2D eigenvalue weighted by Gasteiger charge is -2.27. The topological polar surface area (TPSA) is 49.3 Å². The van der Waals surface area contributed by atoms with Gasteiger partial charge in [0.15, 0.2) is 0 Å². The first-order valence-electron chi connectivity index (χ1n) is 6.80. The molecule has 1 aromatic rings. The number of carbonyl (C=O) groups is 1. The highest BCUT2D eigenvalue weighted by Gasteiger charge is 2.23. The van der Waals surface area contributed by atoms with Gasteiger partial charge >= 0.3 is 0 Å². The molecule has 0 spiro atoms. The molecule has 4 heteroatoms. The predicted molar refractivity (Wildman–Crippen MR) is 76.5 cm³/mol. The summed E-state index contributed by atoms with van der Waals surface area (Å²) in [7, 11) is 0. The molecule has 0 aromatic heterocycles. The number of hydrogen-bond donors (Lipinski definition) is 2. The van der Waals surface area contributed by atoms with E-state index in [1.54, 1.807) is 12.1 Å². The minimum Gasteiger partial charge on any atom is -0.393 e. The van der Waals surface area contributed by atoms with Crippen LogP contribution in [-0.4, -0.2) is 23.7 Å². The first-order valence-corrected chi connectivity index (χ1v) is 7.18. The SMILES string of the molecule is Cc1ccc(Cl)cc1C(=O)NCC1CCCCC1O. The van der Waals surface area contributed by atoms with Crippen LogP contribution in [0.3, 0.4) is 0 Å². The van der Waals surface area contributed by atoms with E-state index in [1.165, 1.54) is 0 Å². The molecule has 2 unspecified atom stereocenters. The molecule has 1 amide bonds. The summed E-state index contributed by atoms with van der Waals surface area (Å²) in [4.78, 5) is 12.1. The second-order valence-corrected chi connectivity index (χ2v) is 5.72. The maximum absolute atomic E-state index is 12.1. The zero-order chi connectivity index (χ0) is 13.8. The molecule has 19 heavy (non-hydrogen) atoms. The Balaban J connectivity index is 1.95. The second-order valence-electron chi connectivity index (χ2n) is 5.28. The van der Waals surface area contributed by atoms with Gasteiger partial charge < -0.3 is 10.4 Å². The fraction of sp³-hybridized carbons (Fsp3) is 0.533. The Hall–Kier alpha value is -1.06. The molecule has 1 saturated carbocycles. The van der Waals surface area contributed by atoms with E-state index in [0.29, 0.717) is 17.1 Å². The fourth-order valence-electron chi connectivity index (χ4n) is 2.58. The number of amides is 1. The van der Waals surface area contributed by atoms with Crippen LogP contribution in [0.4, 0.5) is 0 Å². The summed E-state index contributed by atoms with van der Waals surface area (Å²) >= 11 is 5.91. The van der Waals surface area contributed by atoms with Crippen molar-refractivity contribution >= 4 is 17.5 Å². The maximum Gasteiger partial charge on any atom is 0.251 e. The largest absolute Gasteiger partial charge is 0.393 e. The summed E-state index contributed by atoms with van der Waals surface area (Å²) in [5.41, 5.74) is 1.52. The second kappa shape index (κ2) is 6.40. The number of halogens is 1. The minimum absolute atomic E-state index is 0.113. The number of carbonyl (C=O) groups excluding carboxylic acids is 1. The van der Waals surface area contributed by atoms with E-state index in [-0.39, 0.29) is 17.9 Å². The predicted octanol–water partition coefficient (Wildman–Crippen LogP) is 2.93. The molecular formula is C15H20ClNO2. The zero-order valence-corrected chi connectivity index (χ0v) is 11.9. The summed E-state index contributed by atoms with van der Waals surface area (Å²) in [5, 5.41) is 13.4. The number of aliphatic hydroxyl groups is 1. The Morgan fingerprint density at radius 3 is 2.89 bits per heavy atom. The standard InChI is InChI=1S/C15H20ClNO2/c1-10-6-7-12(16)8-13(10)15(19)17-9-11-4-2-3-5-14(11)18/h6-8,11,14,18H,2-5,9H2,1H3,(H,17,19). The third-order valence-electron chi connectivity index (χ3n) is 3.84. The Labute approximate surface area is 119 Å². The molecule has 0 aliphatic heterocycles. The average Bonchev–Trinajstić information content (AvgIpc) is 2.40. The Morgan fingerprint density at radius 2 is 2.16 bits per heavy atom. The van der Waals surface area contributed by atoms with E-state index in [2.05, 4.69) is 5.32 Å². The summed E-state index contributed by atoms with van der Waals surface area (Å²) in [5.74, 6) is 0.0648. The van der Waals surface area contributed by atoms with Gasteiger partial charge in [0.05, 0.1) is 6.10 Å². The van der Waals surface area contributed by atoms with Gasteiger partial charge in [-0.3, -0.25) is 4.79 Å². The third kappa shape index (κ3) is 3.71. The monoisotopic (exact) mass is 281 g/mol. The number of aryl methyl sites for hydroxylation is 1. The molecular weight excluding hydrogens is 262 g/mol. The lowest BCUT2D eigenvalue weighted by atomic mass is 9.86. The van der Waals surface area contributed by atoms with E-state index < -0.39 is 0 Å². The smallest absolute Gasteiger partial charge is 0.251 e. The Bertz CT molecular complexity index is 461. The van der Waals surface area contributed by atoms with Crippen LogP contribution in [0.2, 0.25) is 5.02 Å². The van der Waals surface area contributed by atoms with Crippen molar-refractivity contribution in [3.05, 3.63) is 34.3 Å². The highest BCUT2D eigenvalue weighted by molar-refractivity contribution is 6.31. The van der Waals surface area contributed by atoms with E-state index in [4.69, 9.17) is 11.6 Å². The van der Waals surface area contributed by atoms with Crippen molar-refractivity contribution in [3.63, 3.8) is 0 Å². The average molecular weight is 282 g/mol. The van der Waals surface area contributed by atoms with Gasteiger partial charge in [-0.05, 0) is 37.5 Å². The van der Waals surface area contributed by atoms with Crippen LogP contribution >= 0.6 is 11.6 Å². The van der Waals surface area contributed by atoms with Crippen LogP contribution < -0.4 is 5.32 Å². The quantitative estimate of drug-likeness (QED) is 0.895. The number of aliphatic hydroxyl groups excluding tert-OH is 1. The van der Waals surface area contributed by atoms with Crippen molar-refractivity contribution in [2.75, 3.05) is 6.54 Å². The van der Waals surface area contributed by atoms with Gasteiger partial charge in [0.2, 0.25) is 0 Å². The van der Waals surface area contributed by atoms with E-state index in [0.717, 1.165) is 31.2 Å². The first kappa shape index (κ1) is 14.4. The van der Waals surface area contributed by atoms with Crippen LogP contribution in [0.15, 0.2) is 18.2 Å². The van der Waals surface area contributed by atoms with E-state index in [9.17, 15) is 9.90 Å². The van der Waals surface area contributed by atoms with Crippen LogP contribution in [0.25, 0.3) is 0 Å². The van der Waals surface area contributed by atoms with Crippen molar-refractivity contribution in [3.8, 4) is 0 Å². The molecule has 0 heterocycles. The molecule has 0 bridgehead atoms. The van der Waals surface area contributed by atoms with Crippen molar-refractivity contribution in [2.45, 2.75) is 38.7 Å². The van der Waals surface area contributed by atoms with Gasteiger partial charge in [-0.1, -0.05) is 30.5 Å². The number of benzene rings is 1. The van der Waals surface area contributed by atoms with E-state index in [1.807, 2.05) is 13.0 Å². The van der Waals surface area contributed by atoms with Crippen molar-refractivity contribution in [2.24, 2.45) is 5.92 Å². The summed E-state index contributed by atoms with van der Waals surface area (Å²) < 4.78 is 0. The van der Waals surface area contributed by atoms with E-state index >= 15 is 0 Å². The fourth-order valence-corrected chi connectivity index (χ4v) is 2.76. The first-order chi connectivity index (χ1) is 9.08. The molecule has 0 radical (unpaired) electrons. The minimum atomic E-state index is -0.283. The zero-order valence-electron chi connectivity index (χ0n) is 11.2. The van der Waals surface area contributed by atoms with Gasteiger partial charge in [0, 0.05) is 23.0 Å².